The van der Waals surface area contributed by atoms with E-state index in [2.05, 4.69) is 16.4 Å². The predicted octanol–water partition coefficient (Wildman–Crippen LogP) is 1.67. The van der Waals surface area contributed by atoms with Crippen LogP contribution in [0, 0.1) is 0 Å². The van der Waals surface area contributed by atoms with E-state index in [1.807, 2.05) is 25.1 Å². The summed E-state index contributed by atoms with van der Waals surface area (Å²) in [4.78, 5) is 28.7. The Hall–Kier alpha value is -2.50. The van der Waals surface area contributed by atoms with Crippen molar-refractivity contribution in [3.05, 3.63) is 35.5 Å². The molecule has 0 saturated carbocycles. The number of aromatic amines is 1. The lowest BCUT2D eigenvalue weighted by Crippen LogP contribution is -2.50. The van der Waals surface area contributed by atoms with Crippen LogP contribution < -0.4 is 11.1 Å². The first-order valence-electron chi connectivity index (χ1n) is 7.45. The summed E-state index contributed by atoms with van der Waals surface area (Å²) in [5.41, 5.74) is 8.55. The minimum atomic E-state index is -0.684. The van der Waals surface area contributed by atoms with Crippen molar-refractivity contribution < 1.29 is 9.59 Å². The van der Waals surface area contributed by atoms with Crippen molar-refractivity contribution in [2.24, 2.45) is 5.73 Å². The van der Waals surface area contributed by atoms with Crippen LogP contribution in [0.15, 0.2) is 24.3 Å². The zero-order valence-corrected chi connectivity index (χ0v) is 12.7. The molecule has 2 heterocycles. The number of benzene rings is 1. The number of para-hydroxylation sites is 1. The van der Waals surface area contributed by atoms with E-state index < -0.39 is 12.1 Å². The molecular weight excluding hydrogens is 280 g/mol. The number of rotatable bonds is 2. The average molecular weight is 300 g/mol. The number of nitrogens with one attached hydrogen (secondary N) is 2. The molecule has 1 aliphatic heterocycles. The zero-order valence-electron chi connectivity index (χ0n) is 12.7. The van der Waals surface area contributed by atoms with E-state index in [0.29, 0.717) is 6.54 Å². The molecule has 0 fully saturated rings. The molecule has 6 nitrogen and oxygen atoms in total. The number of carbonyl (C=O) groups excluding carboxylic acids is 2. The van der Waals surface area contributed by atoms with E-state index >= 15 is 0 Å². The van der Waals surface area contributed by atoms with Crippen molar-refractivity contribution in [3.8, 4) is 0 Å². The fourth-order valence-corrected chi connectivity index (χ4v) is 3.25. The van der Waals surface area contributed by atoms with Crippen LogP contribution in [0.1, 0.15) is 31.1 Å². The molecule has 2 atom stereocenters. The molecular formula is C16H20N4O2. The number of aromatic nitrogens is 1. The third-order valence-corrected chi connectivity index (χ3v) is 4.35. The molecule has 2 aromatic rings. The van der Waals surface area contributed by atoms with Gasteiger partial charge in [-0.25, -0.2) is 4.79 Å². The largest absolute Gasteiger partial charge is 0.356 e. The van der Waals surface area contributed by atoms with Crippen molar-refractivity contribution >= 4 is 22.8 Å². The lowest BCUT2D eigenvalue weighted by atomic mass is 9.97. The summed E-state index contributed by atoms with van der Waals surface area (Å²) < 4.78 is 0. The SMILES string of the molecule is C[C@@H](NC(N)=O)C(=O)N1CCc2c([nH]c3ccccc23)[C@@H]1C. The van der Waals surface area contributed by atoms with Crippen LogP contribution in [0.25, 0.3) is 10.9 Å². The summed E-state index contributed by atoms with van der Waals surface area (Å²) in [6, 6.07) is 6.81. The molecule has 6 heteroatoms. The van der Waals surface area contributed by atoms with Gasteiger partial charge in [0.1, 0.15) is 6.04 Å². The van der Waals surface area contributed by atoms with Crippen molar-refractivity contribution in [1.82, 2.24) is 15.2 Å². The fourth-order valence-electron chi connectivity index (χ4n) is 3.25. The lowest BCUT2D eigenvalue weighted by molar-refractivity contribution is -0.135. The van der Waals surface area contributed by atoms with E-state index in [-0.39, 0.29) is 11.9 Å². The van der Waals surface area contributed by atoms with Gasteiger partial charge < -0.3 is 20.9 Å². The Balaban J connectivity index is 1.89. The maximum atomic E-state index is 12.5. The molecule has 0 spiro atoms. The molecule has 1 aliphatic rings. The van der Waals surface area contributed by atoms with Gasteiger partial charge in [0.05, 0.1) is 6.04 Å². The molecule has 1 aromatic heterocycles. The van der Waals surface area contributed by atoms with Gasteiger partial charge in [0.15, 0.2) is 0 Å². The smallest absolute Gasteiger partial charge is 0.312 e. The molecule has 3 rings (SSSR count). The second kappa shape index (κ2) is 5.36. The van der Waals surface area contributed by atoms with Gasteiger partial charge in [0.25, 0.3) is 0 Å². The van der Waals surface area contributed by atoms with E-state index in [4.69, 9.17) is 5.73 Å². The number of carbonyl (C=O) groups is 2. The summed E-state index contributed by atoms with van der Waals surface area (Å²) in [6.45, 7) is 4.29. The van der Waals surface area contributed by atoms with Crippen molar-refractivity contribution in [1.29, 1.82) is 0 Å². The number of fused-ring (bicyclic) bond motifs is 3. The summed E-state index contributed by atoms with van der Waals surface area (Å²) in [6.07, 6.45) is 0.804. The average Bonchev–Trinajstić information content (AvgIpc) is 2.86. The van der Waals surface area contributed by atoms with Gasteiger partial charge in [0.2, 0.25) is 5.91 Å². The maximum absolute atomic E-state index is 12.5. The van der Waals surface area contributed by atoms with Crippen LogP contribution in [0.4, 0.5) is 4.79 Å². The first kappa shape index (κ1) is 14.4. The van der Waals surface area contributed by atoms with Gasteiger partial charge in [-0.15, -0.1) is 0 Å². The van der Waals surface area contributed by atoms with Gasteiger partial charge >= 0.3 is 6.03 Å². The quantitative estimate of drug-likeness (QED) is 0.787. The molecule has 0 saturated heterocycles. The Labute approximate surface area is 128 Å². The van der Waals surface area contributed by atoms with Gasteiger partial charge in [-0.1, -0.05) is 18.2 Å². The highest BCUT2D eigenvalue weighted by Crippen LogP contribution is 2.34. The minimum absolute atomic E-state index is 0.0548. The highest BCUT2D eigenvalue weighted by molar-refractivity contribution is 5.88. The van der Waals surface area contributed by atoms with Crippen molar-refractivity contribution in [2.75, 3.05) is 6.54 Å². The topological polar surface area (TPSA) is 91.2 Å². The molecule has 0 radical (unpaired) electrons. The maximum Gasteiger partial charge on any atom is 0.312 e. The summed E-state index contributed by atoms with van der Waals surface area (Å²) >= 11 is 0. The first-order chi connectivity index (χ1) is 10.5. The second-order valence-corrected chi connectivity index (χ2v) is 5.75. The van der Waals surface area contributed by atoms with Crippen LogP contribution in [-0.4, -0.2) is 34.4 Å². The number of amides is 3. The number of urea groups is 1. The third kappa shape index (κ3) is 2.30. The number of primary amides is 1. The molecule has 0 bridgehead atoms. The molecule has 22 heavy (non-hydrogen) atoms. The molecule has 3 amide bonds. The van der Waals surface area contributed by atoms with Gasteiger partial charge in [0, 0.05) is 23.1 Å². The molecule has 1 aromatic carbocycles. The van der Waals surface area contributed by atoms with Gasteiger partial charge in [-0.3, -0.25) is 4.79 Å². The molecule has 0 unspecified atom stereocenters. The Kier molecular flexibility index (Phi) is 3.52. The predicted molar refractivity (Wildman–Crippen MR) is 84.3 cm³/mol. The van der Waals surface area contributed by atoms with E-state index in [0.717, 1.165) is 17.6 Å². The van der Waals surface area contributed by atoms with Crippen LogP contribution in [0.2, 0.25) is 0 Å². The van der Waals surface area contributed by atoms with Gasteiger partial charge in [-0.05, 0) is 31.9 Å². The highest BCUT2D eigenvalue weighted by Gasteiger charge is 2.32. The normalized spacial score (nSPS) is 18.8. The molecule has 116 valence electrons. The summed E-state index contributed by atoms with van der Waals surface area (Å²) in [5, 5.41) is 3.67. The summed E-state index contributed by atoms with van der Waals surface area (Å²) in [7, 11) is 0. The molecule has 0 aliphatic carbocycles. The van der Waals surface area contributed by atoms with E-state index in [1.165, 1.54) is 10.9 Å². The van der Waals surface area contributed by atoms with Crippen molar-refractivity contribution in [2.45, 2.75) is 32.4 Å². The zero-order chi connectivity index (χ0) is 15.9. The lowest BCUT2D eigenvalue weighted by Gasteiger charge is -2.35. The van der Waals surface area contributed by atoms with E-state index in [9.17, 15) is 9.59 Å². The summed E-state index contributed by atoms with van der Waals surface area (Å²) in [5.74, 6) is -0.115. The van der Waals surface area contributed by atoms with Crippen LogP contribution in [-0.2, 0) is 11.2 Å². The Morgan fingerprint density at radius 2 is 2.14 bits per heavy atom. The first-order valence-corrected chi connectivity index (χ1v) is 7.45. The Morgan fingerprint density at radius 3 is 2.86 bits per heavy atom. The fraction of sp³-hybridized carbons (Fsp3) is 0.375. The van der Waals surface area contributed by atoms with Crippen LogP contribution in [0.3, 0.4) is 0 Å². The number of nitrogens with two attached hydrogens (primary N) is 1. The third-order valence-electron chi connectivity index (χ3n) is 4.35. The van der Waals surface area contributed by atoms with Crippen molar-refractivity contribution in [3.63, 3.8) is 0 Å². The van der Waals surface area contributed by atoms with Gasteiger partial charge in [-0.2, -0.15) is 0 Å². The number of H-pyrrole nitrogens is 1. The number of hydrogen-bond donors (Lipinski definition) is 3. The van der Waals surface area contributed by atoms with Crippen LogP contribution in [0.5, 0.6) is 0 Å². The monoisotopic (exact) mass is 300 g/mol. The number of hydrogen-bond acceptors (Lipinski definition) is 2. The Bertz CT molecular complexity index is 737. The second-order valence-electron chi connectivity index (χ2n) is 5.75. The standard InChI is InChI=1S/C16H20N4O2/c1-9(18-16(17)22)15(21)20-8-7-12-11-5-3-4-6-13(11)19-14(12)10(20)2/h3-6,9-10,19H,7-8H2,1-2H3,(H3,17,18,22)/t9-,10+/m1/s1. The molecule has 4 N–H and O–H groups in total. The Morgan fingerprint density at radius 1 is 1.41 bits per heavy atom. The number of nitrogens with zero attached hydrogens (tertiary/aromatic N) is 1. The minimum Gasteiger partial charge on any atom is -0.356 e. The highest BCUT2D eigenvalue weighted by atomic mass is 16.2. The van der Waals surface area contributed by atoms with Crippen LogP contribution >= 0.6 is 0 Å². The van der Waals surface area contributed by atoms with E-state index in [1.54, 1.807) is 11.8 Å².